The van der Waals surface area contributed by atoms with Crippen LogP contribution in [0.3, 0.4) is 0 Å². The van der Waals surface area contributed by atoms with Crippen LogP contribution in [0.5, 0.6) is 0 Å². The van der Waals surface area contributed by atoms with Gasteiger partial charge in [0, 0.05) is 7.05 Å². The predicted molar refractivity (Wildman–Crippen MR) is 64.7 cm³/mol. The molecule has 1 aliphatic heterocycles. The van der Waals surface area contributed by atoms with E-state index < -0.39 is 0 Å². The van der Waals surface area contributed by atoms with Crippen LogP contribution in [0.4, 0.5) is 0 Å². The fraction of sp³-hybridized carbons (Fsp3) is 0.286. The number of allylic oxidation sites excluding steroid dienone is 2. The molecular formula is C14H17N. The Labute approximate surface area is 91.7 Å². The molecule has 0 bridgehead atoms. The van der Waals surface area contributed by atoms with Crippen molar-refractivity contribution in [1.82, 2.24) is 4.90 Å². The lowest BCUT2D eigenvalue weighted by Gasteiger charge is -2.28. The summed E-state index contributed by atoms with van der Waals surface area (Å²) in [5, 5.41) is 0. The third kappa shape index (κ3) is 1.96. The largest absolute Gasteiger partial charge is 0.370 e. The van der Waals surface area contributed by atoms with E-state index in [-0.39, 0.29) is 0 Å². The maximum atomic E-state index is 2.28. The van der Waals surface area contributed by atoms with Gasteiger partial charge in [-0.05, 0) is 37.3 Å². The zero-order chi connectivity index (χ0) is 10.8. The minimum Gasteiger partial charge on any atom is -0.370 e. The molecule has 1 unspecified atom stereocenters. The van der Waals surface area contributed by atoms with Crippen molar-refractivity contribution in [3.05, 3.63) is 59.3 Å². The molecule has 15 heavy (non-hydrogen) atoms. The van der Waals surface area contributed by atoms with Crippen LogP contribution in [-0.4, -0.2) is 11.9 Å². The van der Waals surface area contributed by atoms with E-state index in [1.165, 1.54) is 16.7 Å². The topological polar surface area (TPSA) is 3.24 Å². The molecule has 0 saturated carbocycles. The highest BCUT2D eigenvalue weighted by Crippen LogP contribution is 2.27. The number of nitrogens with zero attached hydrogens (tertiary/aromatic N) is 1. The summed E-state index contributed by atoms with van der Waals surface area (Å²) in [6, 6.07) is 7.03. The fourth-order valence-electron chi connectivity index (χ4n) is 1.98. The molecule has 1 heterocycles. The summed E-state index contributed by atoms with van der Waals surface area (Å²) in [4.78, 5) is 2.24. The zero-order valence-corrected chi connectivity index (χ0v) is 9.57. The molecular weight excluding hydrogens is 182 g/mol. The minimum absolute atomic E-state index is 0.384. The average Bonchev–Trinajstić information content (AvgIpc) is 2.23. The first kappa shape index (κ1) is 10.0. The molecule has 0 spiro atoms. The van der Waals surface area contributed by atoms with E-state index in [1.54, 1.807) is 0 Å². The van der Waals surface area contributed by atoms with Gasteiger partial charge in [-0.15, -0.1) is 0 Å². The third-order valence-electron chi connectivity index (χ3n) is 2.92. The van der Waals surface area contributed by atoms with E-state index in [4.69, 9.17) is 0 Å². The van der Waals surface area contributed by atoms with Crippen molar-refractivity contribution in [1.29, 1.82) is 0 Å². The molecule has 0 amide bonds. The Morgan fingerprint density at radius 1 is 1.13 bits per heavy atom. The van der Waals surface area contributed by atoms with Gasteiger partial charge in [-0.3, -0.25) is 0 Å². The molecule has 1 nitrogen and oxygen atoms in total. The van der Waals surface area contributed by atoms with Gasteiger partial charge in [0.15, 0.2) is 0 Å². The normalized spacial score (nSPS) is 19.7. The molecule has 1 aromatic carbocycles. The first-order valence-corrected chi connectivity index (χ1v) is 5.32. The Hall–Kier alpha value is -1.50. The van der Waals surface area contributed by atoms with E-state index in [0.29, 0.717) is 6.04 Å². The monoisotopic (exact) mass is 199 g/mol. The van der Waals surface area contributed by atoms with E-state index >= 15 is 0 Å². The second kappa shape index (κ2) is 3.93. The molecule has 0 aliphatic carbocycles. The van der Waals surface area contributed by atoms with Crippen LogP contribution < -0.4 is 0 Å². The van der Waals surface area contributed by atoms with Gasteiger partial charge in [0.25, 0.3) is 0 Å². The molecule has 1 aliphatic rings. The van der Waals surface area contributed by atoms with Crippen molar-refractivity contribution in [2.24, 2.45) is 0 Å². The van der Waals surface area contributed by atoms with Gasteiger partial charge >= 0.3 is 0 Å². The van der Waals surface area contributed by atoms with Gasteiger partial charge in [0.05, 0.1) is 6.04 Å². The lowest BCUT2D eigenvalue weighted by Crippen LogP contribution is -2.19. The van der Waals surface area contributed by atoms with Gasteiger partial charge < -0.3 is 4.90 Å². The highest BCUT2D eigenvalue weighted by atomic mass is 15.1. The Bertz CT molecular complexity index is 415. The number of likely N-dealkylation sites (N-methyl/N-ethyl adjacent to an activating group) is 1. The van der Waals surface area contributed by atoms with Gasteiger partial charge in [0.2, 0.25) is 0 Å². The smallest absolute Gasteiger partial charge is 0.0723 e. The lowest BCUT2D eigenvalue weighted by atomic mass is 9.97. The van der Waals surface area contributed by atoms with E-state index in [9.17, 15) is 0 Å². The molecule has 0 aromatic heterocycles. The summed E-state index contributed by atoms with van der Waals surface area (Å²) < 4.78 is 0. The van der Waals surface area contributed by atoms with Crippen LogP contribution in [0.15, 0.2) is 42.6 Å². The number of hydrogen-bond donors (Lipinski definition) is 0. The van der Waals surface area contributed by atoms with Crippen molar-refractivity contribution >= 4 is 0 Å². The van der Waals surface area contributed by atoms with Crippen molar-refractivity contribution < 1.29 is 0 Å². The first-order chi connectivity index (χ1) is 7.18. The SMILES string of the molecule is Cc1ccc(C)c(C2C=CC=CN2C)c1. The number of benzene rings is 1. The Morgan fingerprint density at radius 2 is 1.93 bits per heavy atom. The van der Waals surface area contributed by atoms with Crippen LogP contribution in [0.2, 0.25) is 0 Å². The van der Waals surface area contributed by atoms with Crippen LogP contribution >= 0.6 is 0 Å². The molecule has 0 radical (unpaired) electrons. The number of hydrogen-bond acceptors (Lipinski definition) is 1. The molecule has 1 heteroatoms. The molecule has 0 N–H and O–H groups in total. The lowest BCUT2D eigenvalue weighted by molar-refractivity contribution is 0.388. The minimum atomic E-state index is 0.384. The summed E-state index contributed by atoms with van der Waals surface area (Å²) in [5.74, 6) is 0. The van der Waals surface area contributed by atoms with Crippen molar-refractivity contribution in [2.75, 3.05) is 7.05 Å². The number of rotatable bonds is 1. The van der Waals surface area contributed by atoms with E-state index in [1.807, 2.05) is 0 Å². The molecule has 78 valence electrons. The zero-order valence-electron chi connectivity index (χ0n) is 9.57. The highest BCUT2D eigenvalue weighted by Gasteiger charge is 2.14. The quantitative estimate of drug-likeness (QED) is 0.670. The Kier molecular flexibility index (Phi) is 2.63. The van der Waals surface area contributed by atoms with Gasteiger partial charge in [-0.25, -0.2) is 0 Å². The molecule has 1 atom stereocenters. The Balaban J connectivity index is 2.40. The standard InChI is InChI=1S/C14H17N/c1-11-7-8-12(2)13(10-11)14-6-4-5-9-15(14)3/h4-10,14H,1-3H3. The van der Waals surface area contributed by atoms with E-state index in [2.05, 4.69) is 68.4 Å². The van der Waals surface area contributed by atoms with Crippen LogP contribution in [0.1, 0.15) is 22.7 Å². The van der Waals surface area contributed by atoms with Crippen molar-refractivity contribution in [2.45, 2.75) is 19.9 Å². The summed E-state index contributed by atoms with van der Waals surface area (Å²) in [7, 11) is 2.12. The van der Waals surface area contributed by atoms with Crippen LogP contribution in [-0.2, 0) is 0 Å². The molecule has 2 rings (SSSR count). The van der Waals surface area contributed by atoms with Crippen molar-refractivity contribution in [3.8, 4) is 0 Å². The van der Waals surface area contributed by atoms with E-state index in [0.717, 1.165) is 0 Å². The maximum Gasteiger partial charge on any atom is 0.0723 e. The summed E-state index contributed by atoms with van der Waals surface area (Å²) >= 11 is 0. The molecule has 0 saturated heterocycles. The second-order valence-electron chi connectivity index (χ2n) is 4.20. The second-order valence-corrected chi connectivity index (χ2v) is 4.20. The predicted octanol–water partition coefficient (Wildman–Crippen LogP) is 3.36. The Morgan fingerprint density at radius 3 is 2.67 bits per heavy atom. The van der Waals surface area contributed by atoms with Gasteiger partial charge in [0.1, 0.15) is 0 Å². The highest BCUT2D eigenvalue weighted by molar-refractivity contribution is 5.36. The van der Waals surface area contributed by atoms with Gasteiger partial charge in [-0.1, -0.05) is 35.9 Å². The number of aryl methyl sites for hydroxylation is 2. The maximum absolute atomic E-state index is 2.28. The van der Waals surface area contributed by atoms with Gasteiger partial charge in [-0.2, -0.15) is 0 Å². The third-order valence-corrected chi connectivity index (χ3v) is 2.92. The first-order valence-electron chi connectivity index (χ1n) is 5.32. The molecule has 0 fully saturated rings. The van der Waals surface area contributed by atoms with Crippen LogP contribution in [0.25, 0.3) is 0 Å². The summed E-state index contributed by atoms with van der Waals surface area (Å²) in [6.45, 7) is 4.32. The average molecular weight is 199 g/mol. The fourth-order valence-corrected chi connectivity index (χ4v) is 1.98. The van der Waals surface area contributed by atoms with Crippen molar-refractivity contribution in [3.63, 3.8) is 0 Å². The van der Waals surface area contributed by atoms with Crippen LogP contribution in [0, 0.1) is 13.8 Å². The summed E-state index contributed by atoms with van der Waals surface area (Å²) in [6.07, 6.45) is 8.54. The molecule has 1 aromatic rings. The summed E-state index contributed by atoms with van der Waals surface area (Å²) in [5.41, 5.74) is 4.09.